The van der Waals surface area contributed by atoms with Gasteiger partial charge in [-0.25, -0.2) is 0 Å². The third-order valence-corrected chi connectivity index (χ3v) is 1.84. The molecule has 0 N–H and O–H groups in total. The van der Waals surface area contributed by atoms with Gasteiger partial charge in [0, 0.05) is 6.20 Å². The molecule has 2 aromatic heterocycles. The van der Waals surface area contributed by atoms with E-state index in [-0.39, 0.29) is 0 Å². The number of hydrogen-bond acceptors (Lipinski definition) is 3. The van der Waals surface area contributed by atoms with Crippen molar-refractivity contribution in [3.8, 4) is 0 Å². The van der Waals surface area contributed by atoms with E-state index < -0.39 is 0 Å². The topological polar surface area (TPSA) is 33.4 Å². The lowest BCUT2D eigenvalue weighted by atomic mass is 10.4. The van der Waals surface area contributed by atoms with Gasteiger partial charge in [-0.15, -0.1) is 10.2 Å². The number of pyridine rings is 1. The molecule has 4 heteroatoms. The van der Waals surface area contributed by atoms with Crippen LogP contribution in [0.15, 0.2) is 24.4 Å². The van der Waals surface area contributed by atoms with Crippen molar-refractivity contribution in [2.24, 2.45) is 0 Å². The van der Waals surface area contributed by atoms with E-state index >= 15 is 0 Å². The van der Waals surface area contributed by atoms with E-state index in [4.69, 9.17) is 0 Å². The van der Waals surface area contributed by atoms with Crippen molar-refractivity contribution in [1.82, 2.24) is 19.5 Å². The molecule has 0 atom stereocenters. The fourth-order valence-electron chi connectivity index (χ4n) is 1.28. The Bertz CT molecular complexity index is 405. The highest BCUT2D eigenvalue weighted by Gasteiger charge is 2.03. The molecule has 0 aliphatic rings. The quantitative estimate of drug-likeness (QED) is 0.678. The molecule has 0 radical (unpaired) electrons. The molecule has 13 heavy (non-hydrogen) atoms. The molecule has 2 rings (SSSR count). The zero-order chi connectivity index (χ0) is 9.26. The van der Waals surface area contributed by atoms with Crippen molar-refractivity contribution in [1.29, 1.82) is 0 Å². The minimum Gasteiger partial charge on any atom is -0.302 e. The fraction of sp³-hybridized carbons (Fsp3) is 0.333. The van der Waals surface area contributed by atoms with Crippen LogP contribution in [0.3, 0.4) is 0 Å². The summed E-state index contributed by atoms with van der Waals surface area (Å²) in [7, 11) is 4.04. The second-order valence-electron chi connectivity index (χ2n) is 3.28. The van der Waals surface area contributed by atoms with Crippen LogP contribution >= 0.6 is 0 Å². The van der Waals surface area contributed by atoms with Crippen molar-refractivity contribution in [3.63, 3.8) is 0 Å². The van der Waals surface area contributed by atoms with E-state index in [0.717, 1.165) is 18.0 Å². The lowest BCUT2D eigenvalue weighted by Gasteiger charge is -2.06. The Morgan fingerprint density at radius 3 is 2.92 bits per heavy atom. The van der Waals surface area contributed by atoms with Gasteiger partial charge in [0.05, 0.1) is 6.54 Å². The van der Waals surface area contributed by atoms with Crippen molar-refractivity contribution in [3.05, 3.63) is 30.2 Å². The highest BCUT2D eigenvalue weighted by Crippen LogP contribution is 2.03. The maximum absolute atomic E-state index is 4.11. The van der Waals surface area contributed by atoms with Crippen LogP contribution in [0, 0.1) is 0 Å². The minimum atomic E-state index is 0.811. The minimum absolute atomic E-state index is 0.811. The van der Waals surface area contributed by atoms with Crippen LogP contribution in [0.25, 0.3) is 5.65 Å². The molecular weight excluding hydrogens is 164 g/mol. The first kappa shape index (κ1) is 8.19. The number of rotatable bonds is 2. The van der Waals surface area contributed by atoms with Crippen LogP contribution in [0.2, 0.25) is 0 Å². The van der Waals surface area contributed by atoms with Gasteiger partial charge in [0.25, 0.3) is 0 Å². The van der Waals surface area contributed by atoms with Gasteiger partial charge in [0.1, 0.15) is 0 Å². The predicted octanol–water partition coefficient (Wildman–Crippen LogP) is 0.791. The molecule has 68 valence electrons. The molecule has 0 saturated carbocycles. The summed E-state index contributed by atoms with van der Waals surface area (Å²) < 4.78 is 2.00. The molecule has 0 amide bonds. The van der Waals surface area contributed by atoms with Crippen molar-refractivity contribution in [2.75, 3.05) is 14.1 Å². The monoisotopic (exact) mass is 176 g/mol. The summed E-state index contributed by atoms with van der Waals surface area (Å²) in [6.07, 6.45) is 1.98. The van der Waals surface area contributed by atoms with Gasteiger partial charge in [-0.2, -0.15) is 0 Å². The lowest BCUT2D eigenvalue weighted by molar-refractivity contribution is 0.388. The molecular formula is C9H12N4. The van der Waals surface area contributed by atoms with Gasteiger partial charge in [0.2, 0.25) is 0 Å². The molecule has 0 unspecified atom stereocenters. The summed E-state index contributed by atoms with van der Waals surface area (Å²) in [5.74, 6) is 0.973. The van der Waals surface area contributed by atoms with Crippen molar-refractivity contribution in [2.45, 2.75) is 6.54 Å². The Morgan fingerprint density at radius 1 is 1.31 bits per heavy atom. The van der Waals surface area contributed by atoms with Crippen molar-refractivity contribution >= 4 is 5.65 Å². The molecule has 0 spiro atoms. The zero-order valence-corrected chi connectivity index (χ0v) is 7.81. The van der Waals surface area contributed by atoms with E-state index in [9.17, 15) is 0 Å². The summed E-state index contributed by atoms with van der Waals surface area (Å²) >= 11 is 0. The highest BCUT2D eigenvalue weighted by atomic mass is 15.3. The van der Waals surface area contributed by atoms with Gasteiger partial charge in [0.15, 0.2) is 11.5 Å². The van der Waals surface area contributed by atoms with Crippen LogP contribution < -0.4 is 0 Å². The number of hydrogen-bond donors (Lipinski definition) is 0. The molecule has 0 bridgehead atoms. The normalized spacial score (nSPS) is 11.3. The molecule has 0 fully saturated rings. The maximum atomic E-state index is 4.11. The van der Waals surface area contributed by atoms with Gasteiger partial charge in [-0.05, 0) is 26.2 Å². The lowest BCUT2D eigenvalue weighted by Crippen LogP contribution is -2.13. The van der Waals surface area contributed by atoms with Gasteiger partial charge in [-0.1, -0.05) is 6.07 Å². The van der Waals surface area contributed by atoms with E-state index in [2.05, 4.69) is 15.1 Å². The SMILES string of the molecule is CN(C)Cc1nnc2ccccn12. The van der Waals surface area contributed by atoms with E-state index in [1.165, 1.54) is 0 Å². The smallest absolute Gasteiger partial charge is 0.160 e. The average molecular weight is 176 g/mol. The highest BCUT2D eigenvalue weighted by molar-refractivity contribution is 5.36. The Hall–Kier alpha value is -1.42. The molecule has 0 aliphatic heterocycles. The van der Waals surface area contributed by atoms with E-state index in [0.29, 0.717) is 0 Å². The number of aromatic nitrogens is 3. The zero-order valence-electron chi connectivity index (χ0n) is 7.81. The summed E-state index contributed by atoms with van der Waals surface area (Å²) in [6.45, 7) is 0.811. The number of fused-ring (bicyclic) bond motifs is 1. The summed E-state index contributed by atoms with van der Waals surface area (Å²) in [5.41, 5.74) is 0.902. The number of nitrogens with zero attached hydrogens (tertiary/aromatic N) is 4. The summed E-state index contributed by atoms with van der Waals surface area (Å²) in [4.78, 5) is 2.07. The van der Waals surface area contributed by atoms with Crippen LogP contribution in [0.1, 0.15) is 5.82 Å². The first-order valence-corrected chi connectivity index (χ1v) is 4.21. The van der Waals surface area contributed by atoms with Crippen LogP contribution in [-0.4, -0.2) is 33.6 Å². The molecule has 0 aromatic carbocycles. The Balaban J connectivity index is 2.46. The molecule has 2 heterocycles. The summed E-state index contributed by atoms with van der Waals surface area (Å²) in [6, 6.07) is 5.89. The average Bonchev–Trinajstić information content (AvgIpc) is 2.48. The molecule has 2 aromatic rings. The van der Waals surface area contributed by atoms with Gasteiger partial charge in [-0.3, -0.25) is 4.40 Å². The predicted molar refractivity (Wildman–Crippen MR) is 50.4 cm³/mol. The van der Waals surface area contributed by atoms with Crippen LogP contribution in [0.4, 0.5) is 0 Å². The van der Waals surface area contributed by atoms with E-state index in [1.807, 2.05) is 42.9 Å². The Labute approximate surface area is 76.8 Å². The second-order valence-corrected chi connectivity index (χ2v) is 3.28. The molecule has 0 saturated heterocycles. The molecule has 0 aliphatic carbocycles. The van der Waals surface area contributed by atoms with E-state index in [1.54, 1.807) is 0 Å². The maximum Gasteiger partial charge on any atom is 0.160 e. The first-order valence-electron chi connectivity index (χ1n) is 4.21. The first-order chi connectivity index (χ1) is 6.27. The summed E-state index contributed by atoms with van der Waals surface area (Å²) in [5, 5.41) is 8.16. The Kier molecular flexibility index (Phi) is 1.98. The third-order valence-electron chi connectivity index (χ3n) is 1.84. The van der Waals surface area contributed by atoms with Crippen molar-refractivity contribution < 1.29 is 0 Å². The Morgan fingerprint density at radius 2 is 2.15 bits per heavy atom. The third kappa shape index (κ3) is 1.53. The van der Waals surface area contributed by atoms with Crippen LogP contribution in [-0.2, 0) is 6.54 Å². The molecule has 4 nitrogen and oxygen atoms in total. The van der Waals surface area contributed by atoms with Crippen LogP contribution in [0.5, 0.6) is 0 Å². The standard InChI is InChI=1S/C9H12N4/c1-12(2)7-9-11-10-8-5-3-4-6-13(8)9/h3-6H,7H2,1-2H3. The van der Waals surface area contributed by atoms with Gasteiger partial charge >= 0.3 is 0 Å². The second kappa shape index (κ2) is 3.14. The van der Waals surface area contributed by atoms with Gasteiger partial charge < -0.3 is 4.90 Å². The largest absolute Gasteiger partial charge is 0.302 e. The fourth-order valence-corrected chi connectivity index (χ4v) is 1.28.